The molecule has 1 aromatic rings. The van der Waals surface area contributed by atoms with Crippen LogP contribution < -0.4 is 5.73 Å². The molecule has 0 amide bonds. The molecule has 2 N–H and O–H groups in total. The fourth-order valence-corrected chi connectivity index (χ4v) is 3.41. The van der Waals surface area contributed by atoms with Crippen LogP contribution in [0.3, 0.4) is 0 Å². The molecule has 3 unspecified atom stereocenters. The zero-order chi connectivity index (χ0) is 11.1. The van der Waals surface area contributed by atoms with Crippen molar-refractivity contribution in [3.63, 3.8) is 0 Å². The monoisotopic (exact) mass is 216 g/mol. The van der Waals surface area contributed by atoms with Crippen molar-refractivity contribution < 1.29 is 0 Å². The van der Waals surface area contributed by atoms with Crippen LogP contribution in [0.5, 0.6) is 0 Å². The van der Waals surface area contributed by atoms with Crippen molar-refractivity contribution in [1.29, 1.82) is 0 Å². The summed E-state index contributed by atoms with van der Waals surface area (Å²) in [5, 5.41) is 0. The lowest BCUT2D eigenvalue weighted by molar-refractivity contribution is 0.270. The molecule has 3 rings (SSSR count). The van der Waals surface area contributed by atoms with E-state index in [-0.39, 0.29) is 0 Å². The number of benzene rings is 1. The predicted molar refractivity (Wildman–Crippen MR) is 65.8 cm³/mol. The molecular formula is C14H20N2. The van der Waals surface area contributed by atoms with E-state index in [1.54, 1.807) is 0 Å². The smallest absolute Gasteiger partial charge is 0.0233 e. The number of likely N-dealkylation sites (tertiary alicyclic amines) is 1. The van der Waals surface area contributed by atoms with Crippen LogP contribution in [0.2, 0.25) is 0 Å². The van der Waals surface area contributed by atoms with Gasteiger partial charge in [0, 0.05) is 25.7 Å². The van der Waals surface area contributed by atoms with Gasteiger partial charge in [-0.3, -0.25) is 4.90 Å². The van der Waals surface area contributed by atoms with E-state index >= 15 is 0 Å². The molecule has 16 heavy (non-hydrogen) atoms. The van der Waals surface area contributed by atoms with E-state index in [1.807, 2.05) is 0 Å². The molecule has 0 bridgehead atoms. The minimum Gasteiger partial charge on any atom is -0.328 e. The third-order valence-corrected chi connectivity index (χ3v) is 4.19. The summed E-state index contributed by atoms with van der Waals surface area (Å²) >= 11 is 0. The maximum atomic E-state index is 5.97. The second-order valence-corrected chi connectivity index (χ2v) is 5.44. The summed E-state index contributed by atoms with van der Waals surface area (Å²) in [5.41, 5.74) is 7.40. The first-order valence-corrected chi connectivity index (χ1v) is 6.27. The Kier molecular flexibility index (Phi) is 2.49. The molecule has 1 aliphatic carbocycles. The van der Waals surface area contributed by atoms with E-state index in [4.69, 9.17) is 5.73 Å². The maximum Gasteiger partial charge on any atom is 0.0233 e. The molecular weight excluding hydrogens is 196 g/mol. The Labute approximate surface area is 97.4 Å². The normalized spacial score (nSPS) is 34.8. The van der Waals surface area contributed by atoms with Gasteiger partial charge in [0.15, 0.2) is 0 Å². The average Bonchev–Trinajstić information content (AvgIpc) is 2.79. The van der Waals surface area contributed by atoms with Crippen LogP contribution in [0, 0.1) is 17.8 Å². The highest BCUT2D eigenvalue weighted by Gasteiger charge is 2.56. The van der Waals surface area contributed by atoms with Gasteiger partial charge in [-0.25, -0.2) is 0 Å². The Morgan fingerprint density at radius 2 is 1.88 bits per heavy atom. The Morgan fingerprint density at radius 1 is 1.25 bits per heavy atom. The molecule has 2 fully saturated rings. The molecule has 2 nitrogen and oxygen atoms in total. The third kappa shape index (κ3) is 1.76. The molecule has 1 aromatic carbocycles. The van der Waals surface area contributed by atoms with Crippen molar-refractivity contribution in [1.82, 2.24) is 4.90 Å². The summed E-state index contributed by atoms with van der Waals surface area (Å²) in [4.78, 5) is 2.57. The van der Waals surface area contributed by atoms with E-state index in [9.17, 15) is 0 Å². The molecule has 0 spiro atoms. The third-order valence-electron chi connectivity index (χ3n) is 4.19. The lowest BCUT2D eigenvalue weighted by Crippen LogP contribution is -2.29. The van der Waals surface area contributed by atoms with Crippen LogP contribution in [0.1, 0.15) is 12.5 Å². The summed E-state index contributed by atoms with van der Waals surface area (Å²) in [6.45, 7) is 5.78. The van der Waals surface area contributed by atoms with Gasteiger partial charge < -0.3 is 5.73 Å². The highest BCUT2D eigenvalue weighted by atomic mass is 15.2. The standard InChI is InChI=1S/C14H20N2/c1-10(15)14-12-8-16(9-13(12)14)7-11-5-3-2-4-6-11/h2-6,10,12-14H,7-9,15H2,1H3. The number of hydrogen-bond donors (Lipinski definition) is 1. The molecule has 0 aromatic heterocycles. The SMILES string of the molecule is CC(N)C1C2CN(Cc3ccccc3)CC21. The maximum absolute atomic E-state index is 5.97. The zero-order valence-corrected chi connectivity index (χ0v) is 9.84. The Morgan fingerprint density at radius 3 is 2.44 bits per heavy atom. The molecule has 1 heterocycles. The van der Waals surface area contributed by atoms with Gasteiger partial charge in [0.05, 0.1) is 0 Å². The van der Waals surface area contributed by atoms with Gasteiger partial charge in [-0.05, 0) is 30.2 Å². The average molecular weight is 216 g/mol. The second kappa shape index (κ2) is 3.86. The first-order valence-electron chi connectivity index (χ1n) is 6.27. The first-order chi connectivity index (χ1) is 7.75. The first kappa shape index (κ1) is 10.3. The topological polar surface area (TPSA) is 29.3 Å². The Balaban J connectivity index is 1.55. The molecule has 2 heteroatoms. The van der Waals surface area contributed by atoms with Crippen molar-refractivity contribution in [3.05, 3.63) is 35.9 Å². The van der Waals surface area contributed by atoms with Crippen LogP contribution in [0.25, 0.3) is 0 Å². The van der Waals surface area contributed by atoms with Gasteiger partial charge in [-0.1, -0.05) is 30.3 Å². The summed E-state index contributed by atoms with van der Waals surface area (Å²) in [5.74, 6) is 2.60. The van der Waals surface area contributed by atoms with Crippen LogP contribution in [-0.4, -0.2) is 24.0 Å². The number of fused-ring (bicyclic) bond motifs is 1. The largest absolute Gasteiger partial charge is 0.328 e. The number of nitrogens with two attached hydrogens (primary N) is 1. The highest BCUT2D eigenvalue weighted by Crippen LogP contribution is 2.53. The number of hydrogen-bond acceptors (Lipinski definition) is 2. The minimum atomic E-state index is 0.397. The van der Waals surface area contributed by atoms with E-state index < -0.39 is 0 Å². The van der Waals surface area contributed by atoms with Crippen LogP contribution in [0.15, 0.2) is 30.3 Å². The lowest BCUT2D eigenvalue weighted by Gasteiger charge is -2.20. The number of nitrogens with zero attached hydrogens (tertiary/aromatic N) is 1. The molecule has 1 aliphatic heterocycles. The fourth-order valence-electron chi connectivity index (χ4n) is 3.41. The molecule has 0 radical (unpaired) electrons. The van der Waals surface area contributed by atoms with Gasteiger partial charge in [0.1, 0.15) is 0 Å². The summed E-state index contributed by atoms with van der Waals surface area (Å²) < 4.78 is 0. The quantitative estimate of drug-likeness (QED) is 0.833. The summed E-state index contributed by atoms with van der Waals surface area (Å²) in [6, 6.07) is 11.2. The summed E-state index contributed by atoms with van der Waals surface area (Å²) in [7, 11) is 0. The molecule has 1 saturated heterocycles. The fraction of sp³-hybridized carbons (Fsp3) is 0.571. The predicted octanol–water partition coefficient (Wildman–Crippen LogP) is 1.71. The van der Waals surface area contributed by atoms with Crippen molar-refractivity contribution in [2.24, 2.45) is 23.5 Å². The van der Waals surface area contributed by atoms with E-state index in [2.05, 4.69) is 42.2 Å². The van der Waals surface area contributed by atoms with E-state index in [0.717, 1.165) is 24.3 Å². The van der Waals surface area contributed by atoms with Gasteiger partial charge in [-0.15, -0.1) is 0 Å². The van der Waals surface area contributed by atoms with Crippen LogP contribution in [-0.2, 0) is 6.54 Å². The van der Waals surface area contributed by atoms with Crippen molar-refractivity contribution in [3.8, 4) is 0 Å². The van der Waals surface area contributed by atoms with Crippen LogP contribution >= 0.6 is 0 Å². The Hall–Kier alpha value is -0.860. The van der Waals surface area contributed by atoms with E-state index in [1.165, 1.54) is 18.7 Å². The van der Waals surface area contributed by atoms with Crippen LogP contribution in [0.4, 0.5) is 0 Å². The lowest BCUT2D eigenvalue weighted by atomic mass is 10.1. The molecule has 1 saturated carbocycles. The van der Waals surface area contributed by atoms with Crippen molar-refractivity contribution in [2.45, 2.75) is 19.5 Å². The van der Waals surface area contributed by atoms with Gasteiger partial charge >= 0.3 is 0 Å². The van der Waals surface area contributed by atoms with Gasteiger partial charge in [-0.2, -0.15) is 0 Å². The second-order valence-electron chi connectivity index (χ2n) is 5.44. The molecule has 86 valence electrons. The van der Waals surface area contributed by atoms with Gasteiger partial charge in [0.25, 0.3) is 0 Å². The number of piperidine rings is 1. The van der Waals surface area contributed by atoms with Gasteiger partial charge in [0.2, 0.25) is 0 Å². The Bertz CT molecular complexity index is 348. The highest BCUT2D eigenvalue weighted by molar-refractivity contribution is 5.16. The minimum absolute atomic E-state index is 0.397. The zero-order valence-electron chi connectivity index (χ0n) is 9.84. The molecule has 2 aliphatic rings. The van der Waals surface area contributed by atoms with Crippen molar-refractivity contribution in [2.75, 3.05) is 13.1 Å². The molecule has 3 atom stereocenters. The summed E-state index contributed by atoms with van der Waals surface area (Å²) in [6.07, 6.45) is 0. The number of rotatable bonds is 3. The van der Waals surface area contributed by atoms with E-state index in [0.29, 0.717) is 6.04 Å². The van der Waals surface area contributed by atoms with Crippen molar-refractivity contribution >= 4 is 0 Å².